The molecule has 1 heterocycles. The van der Waals surface area contributed by atoms with E-state index in [0.29, 0.717) is 10.9 Å². The van der Waals surface area contributed by atoms with Gasteiger partial charge in [0.25, 0.3) is 5.91 Å². The number of anilines is 1. The zero-order chi connectivity index (χ0) is 21.8. The van der Waals surface area contributed by atoms with E-state index >= 15 is 0 Å². The largest absolute Gasteiger partial charge is 0.483 e. The van der Waals surface area contributed by atoms with Crippen LogP contribution >= 0.6 is 23.6 Å². The van der Waals surface area contributed by atoms with E-state index in [1.54, 1.807) is 0 Å². The summed E-state index contributed by atoms with van der Waals surface area (Å²) in [7, 11) is 0. The van der Waals surface area contributed by atoms with Crippen LogP contribution < -0.4 is 15.4 Å². The van der Waals surface area contributed by atoms with Crippen molar-refractivity contribution in [2.45, 2.75) is 13.8 Å². The van der Waals surface area contributed by atoms with Gasteiger partial charge >= 0.3 is 0 Å². The Morgan fingerprint density at radius 3 is 2.74 bits per heavy atom. The second-order valence-electron chi connectivity index (χ2n) is 7.12. The van der Waals surface area contributed by atoms with Crippen molar-refractivity contribution in [1.82, 2.24) is 10.3 Å². The quantitative estimate of drug-likeness (QED) is 0.397. The molecule has 4 aromatic rings. The van der Waals surface area contributed by atoms with Crippen molar-refractivity contribution >= 4 is 50.5 Å². The van der Waals surface area contributed by atoms with Crippen LogP contribution in [-0.2, 0) is 4.79 Å². The zero-order valence-electron chi connectivity index (χ0n) is 17.1. The third-order valence-corrected chi connectivity index (χ3v) is 5.69. The van der Waals surface area contributed by atoms with Gasteiger partial charge in [-0.05, 0) is 48.5 Å². The third-order valence-electron chi connectivity index (χ3n) is 4.73. The summed E-state index contributed by atoms with van der Waals surface area (Å²) in [6, 6.07) is 20.2. The van der Waals surface area contributed by atoms with Crippen LogP contribution in [0.5, 0.6) is 5.75 Å². The van der Waals surface area contributed by atoms with Crippen molar-refractivity contribution < 1.29 is 9.53 Å². The number of ether oxygens (including phenoxy) is 1. The lowest BCUT2D eigenvalue weighted by Gasteiger charge is -2.11. The summed E-state index contributed by atoms with van der Waals surface area (Å²) >= 11 is 6.69. The Bertz CT molecular complexity index is 1260. The molecule has 2 N–H and O–H groups in total. The Hall–Kier alpha value is -3.29. The molecule has 0 saturated carbocycles. The molecule has 0 unspecified atom stereocenters. The second kappa shape index (κ2) is 9.24. The SMILES string of the molecule is Cc1ccc(OCC(=O)NC(=S)Nc2nc(-c3cccc4ccccc34)cs2)c(C)c1. The van der Waals surface area contributed by atoms with E-state index in [2.05, 4.69) is 33.8 Å². The fraction of sp³-hybridized carbons (Fsp3) is 0.125. The molecule has 0 aliphatic heterocycles. The lowest BCUT2D eigenvalue weighted by atomic mass is 10.0. The number of fused-ring (bicyclic) bond motifs is 1. The second-order valence-corrected chi connectivity index (χ2v) is 8.39. The average Bonchev–Trinajstić information content (AvgIpc) is 3.20. The monoisotopic (exact) mass is 447 g/mol. The molecule has 0 spiro atoms. The first-order valence-corrected chi connectivity index (χ1v) is 11.0. The Morgan fingerprint density at radius 2 is 1.90 bits per heavy atom. The van der Waals surface area contributed by atoms with Gasteiger partial charge in [0.15, 0.2) is 16.9 Å². The van der Waals surface area contributed by atoms with Crippen LogP contribution in [-0.4, -0.2) is 22.6 Å². The number of hydrogen-bond acceptors (Lipinski definition) is 5. The Morgan fingerprint density at radius 1 is 1.10 bits per heavy atom. The van der Waals surface area contributed by atoms with Crippen LogP contribution in [0, 0.1) is 13.8 Å². The third kappa shape index (κ3) is 5.07. The van der Waals surface area contributed by atoms with Gasteiger partial charge in [-0.2, -0.15) is 0 Å². The molecule has 0 aliphatic rings. The highest BCUT2D eigenvalue weighted by atomic mass is 32.1. The molecule has 31 heavy (non-hydrogen) atoms. The van der Waals surface area contributed by atoms with Crippen molar-refractivity contribution in [1.29, 1.82) is 0 Å². The number of nitrogens with one attached hydrogen (secondary N) is 2. The zero-order valence-corrected chi connectivity index (χ0v) is 18.8. The molecule has 0 bridgehead atoms. The minimum absolute atomic E-state index is 0.120. The van der Waals surface area contributed by atoms with Crippen LogP contribution in [0.25, 0.3) is 22.0 Å². The van der Waals surface area contributed by atoms with E-state index in [1.165, 1.54) is 11.3 Å². The summed E-state index contributed by atoms with van der Waals surface area (Å²) in [6.45, 7) is 3.84. The average molecular weight is 448 g/mol. The van der Waals surface area contributed by atoms with Gasteiger partial charge in [-0.15, -0.1) is 11.3 Å². The maximum atomic E-state index is 12.2. The summed E-state index contributed by atoms with van der Waals surface area (Å²) in [5.41, 5.74) is 4.04. The van der Waals surface area contributed by atoms with E-state index < -0.39 is 0 Å². The molecular formula is C24H21N3O2S2. The number of hydrogen-bond donors (Lipinski definition) is 2. The fourth-order valence-corrected chi connectivity index (χ4v) is 4.29. The van der Waals surface area contributed by atoms with Gasteiger partial charge in [0.2, 0.25) is 0 Å². The molecule has 156 valence electrons. The summed E-state index contributed by atoms with van der Waals surface area (Å²) in [6.07, 6.45) is 0. The summed E-state index contributed by atoms with van der Waals surface area (Å²) in [4.78, 5) is 16.8. The van der Waals surface area contributed by atoms with Gasteiger partial charge < -0.3 is 10.1 Å². The van der Waals surface area contributed by atoms with Gasteiger partial charge in [-0.3, -0.25) is 10.1 Å². The number of aryl methyl sites for hydroxylation is 2. The Labute approximate surface area is 190 Å². The molecule has 5 nitrogen and oxygen atoms in total. The lowest BCUT2D eigenvalue weighted by molar-refractivity contribution is -0.121. The first-order chi connectivity index (χ1) is 15.0. The first kappa shape index (κ1) is 21.0. The van der Waals surface area contributed by atoms with Crippen molar-refractivity contribution in [3.63, 3.8) is 0 Å². The first-order valence-electron chi connectivity index (χ1n) is 9.74. The molecule has 1 aromatic heterocycles. The van der Waals surface area contributed by atoms with Crippen LogP contribution in [0.4, 0.5) is 5.13 Å². The van der Waals surface area contributed by atoms with Crippen molar-refractivity contribution in [3.05, 3.63) is 77.2 Å². The number of nitrogens with zero attached hydrogens (tertiary/aromatic N) is 1. The van der Waals surface area contributed by atoms with Crippen LogP contribution in [0.2, 0.25) is 0 Å². The van der Waals surface area contributed by atoms with Gasteiger partial charge in [0.05, 0.1) is 5.69 Å². The lowest BCUT2D eigenvalue weighted by Crippen LogP contribution is -2.37. The number of rotatable bonds is 5. The molecule has 0 atom stereocenters. The van der Waals surface area contributed by atoms with Crippen molar-refractivity contribution in [2.75, 3.05) is 11.9 Å². The minimum Gasteiger partial charge on any atom is -0.483 e. The number of thiocarbonyl (C=S) groups is 1. The molecule has 4 rings (SSSR count). The topological polar surface area (TPSA) is 63.2 Å². The Kier molecular flexibility index (Phi) is 6.25. The van der Waals surface area contributed by atoms with Gasteiger partial charge in [-0.25, -0.2) is 4.98 Å². The molecule has 7 heteroatoms. The predicted octanol–water partition coefficient (Wildman–Crippen LogP) is 5.47. The number of amides is 1. The molecular weight excluding hydrogens is 426 g/mol. The normalized spacial score (nSPS) is 10.6. The molecule has 0 saturated heterocycles. The number of thiazole rings is 1. The van der Waals surface area contributed by atoms with E-state index in [9.17, 15) is 4.79 Å². The highest BCUT2D eigenvalue weighted by Crippen LogP contribution is 2.30. The van der Waals surface area contributed by atoms with Crippen molar-refractivity contribution in [2.24, 2.45) is 0 Å². The molecule has 0 aliphatic carbocycles. The standard InChI is InChI=1S/C24H21N3O2S2/c1-15-10-11-21(16(2)12-15)29-13-22(28)26-23(30)27-24-25-20(14-31-24)19-9-5-7-17-6-3-4-8-18(17)19/h3-12,14H,13H2,1-2H3,(H2,25,26,27,28,30). The number of carbonyl (C=O) groups excluding carboxylic acids is 1. The maximum absolute atomic E-state index is 12.2. The fourth-order valence-electron chi connectivity index (χ4n) is 3.30. The van der Waals surface area contributed by atoms with E-state index in [1.807, 2.05) is 61.7 Å². The number of aromatic nitrogens is 1. The van der Waals surface area contributed by atoms with Gasteiger partial charge in [0.1, 0.15) is 5.75 Å². The van der Waals surface area contributed by atoms with E-state index in [4.69, 9.17) is 17.0 Å². The van der Waals surface area contributed by atoms with Crippen LogP contribution in [0.3, 0.4) is 0 Å². The maximum Gasteiger partial charge on any atom is 0.264 e. The molecule has 1 amide bonds. The van der Waals surface area contributed by atoms with E-state index in [0.717, 1.165) is 33.2 Å². The summed E-state index contributed by atoms with van der Waals surface area (Å²) in [5, 5.41) is 10.7. The van der Waals surface area contributed by atoms with Gasteiger partial charge in [-0.1, -0.05) is 60.2 Å². The number of carbonyl (C=O) groups is 1. The highest BCUT2D eigenvalue weighted by Gasteiger charge is 2.11. The highest BCUT2D eigenvalue weighted by molar-refractivity contribution is 7.80. The smallest absolute Gasteiger partial charge is 0.264 e. The molecule has 0 fully saturated rings. The summed E-state index contributed by atoms with van der Waals surface area (Å²) in [5.74, 6) is 0.350. The Balaban J connectivity index is 1.36. The van der Waals surface area contributed by atoms with E-state index in [-0.39, 0.29) is 17.6 Å². The summed E-state index contributed by atoms with van der Waals surface area (Å²) < 4.78 is 5.60. The van der Waals surface area contributed by atoms with Crippen LogP contribution in [0.1, 0.15) is 11.1 Å². The van der Waals surface area contributed by atoms with Gasteiger partial charge in [0, 0.05) is 10.9 Å². The van der Waals surface area contributed by atoms with Crippen molar-refractivity contribution in [3.8, 4) is 17.0 Å². The minimum atomic E-state index is -0.330. The molecule has 0 radical (unpaired) electrons. The predicted molar refractivity (Wildman–Crippen MR) is 131 cm³/mol. The number of benzene rings is 3. The van der Waals surface area contributed by atoms with Crippen LogP contribution in [0.15, 0.2) is 66.0 Å². The molecule has 3 aromatic carbocycles.